The largest absolute Gasteiger partial charge is 0.379 e. The van der Waals surface area contributed by atoms with Crippen LogP contribution in [0, 0.1) is 0 Å². The second-order valence-electron chi connectivity index (χ2n) is 25.1. The van der Waals surface area contributed by atoms with Gasteiger partial charge in [0.2, 0.25) is 45.7 Å². The van der Waals surface area contributed by atoms with E-state index >= 15 is 0 Å². The summed E-state index contributed by atoms with van der Waals surface area (Å²) in [5.74, 6) is -0.0465. The first kappa shape index (κ1) is 82.6. The van der Waals surface area contributed by atoms with Crippen LogP contribution < -0.4 is 50.0 Å². The predicted octanol–water partition coefficient (Wildman–Crippen LogP) is 8.16. The zero-order valence-corrected chi connectivity index (χ0v) is 61.5. The second-order valence-corrected chi connectivity index (χ2v) is 25.1. The zero-order chi connectivity index (χ0) is 71.2. The molecule has 99 heavy (non-hydrogen) atoms. The predicted molar refractivity (Wildman–Crippen MR) is 397 cm³/mol. The molecule has 4 N–H and O–H groups in total. The Hall–Kier alpha value is -7.06. The van der Waals surface area contributed by atoms with E-state index in [1.165, 1.54) is 66.4 Å². The van der Waals surface area contributed by atoms with Crippen molar-refractivity contribution in [1.29, 1.82) is 0 Å². The highest BCUT2D eigenvalue weighted by atomic mass is 16.6. The molecule has 6 aromatic rings. The lowest BCUT2D eigenvalue weighted by molar-refractivity contribution is -0.646. The summed E-state index contributed by atoms with van der Waals surface area (Å²) in [7, 11) is 16.6. The highest BCUT2D eigenvalue weighted by Crippen LogP contribution is 2.28. The van der Waals surface area contributed by atoms with Gasteiger partial charge in [-0.1, -0.05) is 0 Å². The molecule has 0 bridgehead atoms. The van der Waals surface area contributed by atoms with E-state index in [4.69, 9.17) is 42.6 Å². The number of rotatable bonds is 53. The maximum atomic E-state index is 12.4. The van der Waals surface area contributed by atoms with Gasteiger partial charge in [-0.2, -0.15) is 9.13 Å². The number of amides is 4. The maximum absolute atomic E-state index is 12.4. The van der Waals surface area contributed by atoms with Crippen LogP contribution in [0.3, 0.4) is 0 Å². The van der Waals surface area contributed by atoms with Gasteiger partial charge in [0.15, 0.2) is 0 Å². The minimum atomic E-state index is -0.136. The van der Waals surface area contributed by atoms with Crippen molar-refractivity contribution in [3.05, 3.63) is 84.9 Å². The molecule has 0 aliphatic carbocycles. The minimum absolute atomic E-state index is 0.0432. The van der Waals surface area contributed by atoms with Gasteiger partial charge in [-0.15, -0.1) is 0 Å². The van der Waals surface area contributed by atoms with Gasteiger partial charge in [-0.05, 0) is 126 Å². The van der Waals surface area contributed by atoms with Crippen molar-refractivity contribution in [2.24, 2.45) is 0 Å². The molecule has 0 unspecified atom stereocenters. The molecule has 2 heterocycles. The molecule has 0 saturated carbocycles. The van der Waals surface area contributed by atoms with Gasteiger partial charge >= 0.3 is 0 Å². The van der Waals surface area contributed by atoms with Crippen molar-refractivity contribution in [1.82, 2.24) is 21.3 Å². The van der Waals surface area contributed by atoms with Crippen LogP contribution in [0.25, 0.3) is 43.6 Å². The Morgan fingerprint density at radius 1 is 0.303 bits per heavy atom. The molecule has 2 aromatic heterocycles. The minimum Gasteiger partial charge on any atom is -0.379 e. The lowest BCUT2D eigenvalue weighted by Crippen LogP contribution is -2.36. The number of pyridine rings is 2. The molecule has 23 nitrogen and oxygen atoms in total. The Morgan fingerprint density at radius 2 is 0.576 bits per heavy atom. The van der Waals surface area contributed by atoms with Gasteiger partial charge in [0.25, 0.3) is 0 Å². The molecule has 4 aromatic carbocycles. The Labute approximate surface area is 589 Å². The SMILES string of the molecule is CCOCC(=O)NCCCOCCOCCOCCCNC(=O)CCCCC[n+]1c2cc(N(C)C)ccc2cc2ccc(N(C)C)cc21.CCOCCOCC(=O)NCCCOCCOCCOCCCNC(=O)CCCCC[n+]1c2cc(N(C)C)ccc2cc2ccc(N(C)C)cc21. The van der Waals surface area contributed by atoms with Crippen molar-refractivity contribution >= 4 is 90.0 Å². The van der Waals surface area contributed by atoms with Crippen LogP contribution >= 0.6 is 0 Å². The summed E-state index contributed by atoms with van der Waals surface area (Å²) >= 11 is 0. The Morgan fingerprint density at radius 3 is 0.879 bits per heavy atom. The van der Waals surface area contributed by atoms with Crippen LogP contribution in [0.4, 0.5) is 22.7 Å². The number of ether oxygens (including phenoxy) is 9. The number of anilines is 4. The Bertz CT molecular complexity index is 3150. The number of unbranched alkanes of at least 4 members (excludes halogenated alkanes) is 4. The van der Waals surface area contributed by atoms with Crippen LogP contribution in [-0.2, 0) is 74.9 Å². The van der Waals surface area contributed by atoms with E-state index in [9.17, 15) is 19.2 Å². The number of carbonyl (C=O) groups excluding carboxylic acids is 4. The molecule has 23 heteroatoms. The molecule has 0 aliphatic rings. The molecule has 4 amide bonds. The summed E-state index contributed by atoms with van der Waals surface area (Å²) in [6.07, 6.45) is 9.77. The quantitative estimate of drug-likeness (QED) is 0.0161. The third-order valence-corrected chi connectivity index (χ3v) is 16.4. The number of fused-ring (bicyclic) bond motifs is 4. The van der Waals surface area contributed by atoms with E-state index < -0.39 is 0 Å². The van der Waals surface area contributed by atoms with Crippen LogP contribution in [0.15, 0.2) is 84.9 Å². The molecule has 0 fully saturated rings. The van der Waals surface area contributed by atoms with Gasteiger partial charge in [0.05, 0.1) is 66.1 Å². The smallest absolute Gasteiger partial charge is 0.246 e. The molecule has 0 radical (unpaired) electrons. The van der Waals surface area contributed by atoms with Crippen LogP contribution in [0.5, 0.6) is 0 Å². The highest BCUT2D eigenvalue weighted by molar-refractivity contribution is 5.93. The Balaban J connectivity index is 0.000000358. The summed E-state index contributed by atoms with van der Waals surface area (Å²) in [6.45, 7) is 16.4. The number of hydrogen-bond acceptors (Lipinski definition) is 17. The van der Waals surface area contributed by atoms with Gasteiger partial charge in [-0.3, -0.25) is 19.2 Å². The van der Waals surface area contributed by atoms with E-state index in [0.29, 0.717) is 145 Å². The molecule has 6 rings (SSSR count). The molecule has 0 spiro atoms. The number of benzene rings is 4. The highest BCUT2D eigenvalue weighted by Gasteiger charge is 2.20. The van der Waals surface area contributed by atoms with Crippen molar-refractivity contribution in [2.45, 2.75) is 104 Å². The van der Waals surface area contributed by atoms with Crippen molar-refractivity contribution in [3.8, 4) is 0 Å². The van der Waals surface area contributed by atoms with Crippen molar-refractivity contribution in [3.63, 3.8) is 0 Å². The monoisotopic (exact) mass is 1380 g/mol. The lowest BCUT2D eigenvalue weighted by Gasteiger charge is -2.15. The second kappa shape index (κ2) is 49.5. The van der Waals surface area contributed by atoms with E-state index in [2.05, 4.69) is 191 Å². The molecule has 0 aliphatic heterocycles. The van der Waals surface area contributed by atoms with E-state index in [-0.39, 0.29) is 36.8 Å². The number of aromatic nitrogens is 2. The number of nitrogens with zero attached hydrogens (tertiary/aromatic N) is 6. The molecular weight excluding hydrogens is 1260 g/mol. The first-order valence-corrected chi connectivity index (χ1v) is 35.9. The van der Waals surface area contributed by atoms with Gasteiger partial charge < -0.3 is 83.5 Å². The number of carbonyl (C=O) groups is 4. The fraction of sp³-hybridized carbons (Fsp3) is 0.605. The first-order valence-electron chi connectivity index (χ1n) is 35.9. The fourth-order valence-corrected chi connectivity index (χ4v) is 10.8. The van der Waals surface area contributed by atoms with Crippen molar-refractivity contribution in [2.75, 3.05) is 221 Å². The number of aryl methyl sites for hydroxylation is 2. The zero-order valence-electron chi connectivity index (χ0n) is 61.5. The summed E-state index contributed by atoms with van der Waals surface area (Å²) in [5, 5.41) is 16.5. The van der Waals surface area contributed by atoms with E-state index in [1.54, 1.807) is 0 Å². The first-order chi connectivity index (χ1) is 48.1. The maximum Gasteiger partial charge on any atom is 0.246 e. The van der Waals surface area contributed by atoms with E-state index in [0.717, 1.165) is 77.3 Å². The van der Waals surface area contributed by atoms with Gasteiger partial charge in [0.1, 0.15) is 26.3 Å². The summed E-state index contributed by atoms with van der Waals surface area (Å²) < 4.78 is 53.6. The fourth-order valence-electron chi connectivity index (χ4n) is 10.8. The van der Waals surface area contributed by atoms with Gasteiger partial charge in [0, 0.05) is 216 Å². The summed E-state index contributed by atoms with van der Waals surface area (Å²) in [6, 6.07) is 31.2. The van der Waals surface area contributed by atoms with Crippen molar-refractivity contribution < 1.29 is 70.9 Å². The standard InChI is InChI=1S/C39H61N5O7.C37H57N5O6/c1-6-47-22-27-51-31-39(46)41-18-11-21-49-24-26-50-25-23-48-20-10-17-40-38(45)12-8-7-9-19-44-36-29-34(42(2)3)15-13-32(36)28-33-14-16-35(43(4)5)30-37(33)44;1-6-45-29-37(44)39-18-11-21-47-23-25-48-24-22-46-20-10-17-38-36(43)12-8-7-9-19-42-34-27-32(40(2)3)15-13-30(34)26-31-14-16-33(41(4)5)28-35(31)42/h13-16,28-30H,6-12,17-27,31H2,1-5H3,(H-,40,41,45,46);13-16,26-28H,6-12,17-25,29H2,1-5H3,(H-,38,39,43,44)/p+2. The van der Waals surface area contributed by atoms with Crippen LogP contribution in [0.2, 0.25) is 0 Å². The molecule has 0 saturated heterocycles. The molecule has 550 valence electrons. The van der Waals surface area contributed by atoms with Crippen LogP contribution in [0.1, 0.15) is 90.9 Å². The number of hydrogen-bond donors (Lipinski definition) is 4. The van der Waals surface area contributed by atoms with E-state index in [1.807, 2.05) is 13.8 Å². The summed E-state index contributed by atoms with van der Waals surface area (Å²) in [4.78, 5) is 56.4. The average Bonchev–Trinajstić information content (AvgIpc) is 0.774. The molecular formula is C76H120N10O13+2. The third-order valence-electron chi connectivity index (χ3n) is 16.4. The topological polar surface area (TPSA) is 220 Å². The lowest BCUT2D eigenvalue weighted by atomic mass is 10.1. The normalized spacial score (nSPS) is 11.3. The third kappa shape index (κ3) is 32.9. The summed E-state index contributed by atoms with van der Waals surface area (Å²) in [5.41, 5.74) is 9.65. The number of nitrogens with one attached hydrogen (secondary N) is 4. The Kier molecular flexibility index (Phi) is 41.3. The van der Waals surface area contributed by atoms with Crippen LogP contribution in [-0.4, -0.2) is 225 Å². The average molecular weight is 1380 g/mol. The molecule has 0 atom stereocenters. The van der Waals surface area contributed by atoms with Gasteiger partial charge in [-0.25, -0.2) is 0 Å².